The average molecular weight is 344 g/mol. The Hall–Kier alpha value is -1.27. The molecule has 0 saturated carbocycles. The molecule has 0 aromatic heterocycles. The first kappa shape index (κ1) is 17.8. The van der Waals surface area contributed by atoms with Gasteiger partial charge in [-0.1, -0.05) is 0 Å². The van der Waals surface area contributed by atoms with E-state index in [4.69, 9.17) is 0 Å². The van der Waals surface area contributed by atoms with Gasteiger partial charge in [0, 0.05) is 11.3 Å². The van der Waals surface area contributed by atoms with Crippen molar-refractivity contribution in [1.82, 2.24) is 0 Å². The van der Waals surface area contributed by atoms with E-state index in [1.54, 1.807) is 0 Å². The van der Waals surface area contributed by atoms with Crippen molar-refractivity contribution in [3.05, 3.63) is 34.6 Å². The van der Waals surface area contributed by atoms with Crippen LogP contribution < -0.4 is 0 Å². The van der Waals surface area contributed by atoms with Crippen LogP contribution in [-0.2, 0) is 15.4 Å². The van der Waals surface area contributed by atoms with Crippen molar-refractivity contribution in [2.24, 2.45) is 0 Å². The summed E-state index contributed by atoms with van der Waals surface area (Å²) in [5.74, 6) is -18.7. The van der Waals surface area contributed by atoms with Gasteiger partial charge in [-0.2, -0.15) is 13.2 Å². The second-order valence-electron chi connectivity index (χ2n) is 4.07. The second kappa shape index (κ2) is 4.88. The Morgan fingerprint density at radius 2 is 1.14 bits per heavy atom. The molecule has 0 aliphatic heterocycles. The summed E-state index contributed by atoms with van der Waals surface area (Å²) in [6, 6.07) is 0. The molecule has 0 N–H and O–H groups in total. The summed E-state index contributed by atoms with van der Waals surface area (Å²) in [6.45, 7) is 0. The molecule has 0 atom stereocenters. The second-order valence-corrected chi connectivity index (χ2v) is 6.88. The fraction of sp³-hybridized carbons (Fsp3) is 0.333. The molecule has 3 nitrogen and oxygen atoms in total. The van der Waals surface area contributed by atoms with Gasteiger partial charge in [-0.25, -0.2) is 31.6 Å². The number of sulfone groups is 3. The van der Waals surface area contributed by atoms with Crippen molar-refractivity contribution in [1.29, 1.82) is 0 Å². The summed E-state index contributed by atoms with van der Waals surface area (Å²) in [5, 5.41) is 0. The van der Waals surface area contributed by atoms with E-state index in [1.165, 1.54) is 0 Å². The Balaban J connectivity index is 3.41. The van der Waals surface area contributed by atoms with Crippen LogP contribution >= 0.6 is 0 Å². The molecule has 1 aromatic carbocycles. The van der Waals surface area contributed by atoms with Crippen molar-refractivity contribution >= 4 is 9.63 Å². The number of hydrogen-bond acceptors (Lipinski definition) is 3. The number of benzene rings is 1. The van der Waals surface area contributed by atoms with Crippen LogP contribution in [0.5, 0.6) is 0 Å². The first-order chi connectivity index (χ1) is 9.12. The van der Waals surface area contributed by atoms with Crippen LogP contribution in [0.15, 0.2) is 0 Å². The largest absolute Gasteiger partial charge is 0.798 e. The van der Waals surface area contributed by atoms with Crippen LogP contribution in [0.1, 0.15) is 5.56 Å². The number of halogens is 8. The molecule has 0 radical (unpaired) electrons. The highest BCUT2D eigenvalue weighted by molar-refractivity contribution is 8.09. The third kappa shape index (κ3) is 4.11. The van der Waals surface area contributed by atoms with Crippen LogP contribution in [0.2, 0.25) is 0 Å². The molecular formula is C9H4F8O3S-2. The molecule has 0 fully saturated rings. The molecule has 0 amide bonds. The highest BCUT2D eigenvalue weighted by Crippen LogP contribution is 2.34. The maximum atomic E-state index is 13.1. The van der Waals surface area contributed by atoms with Crippen molar-refractivity contribution in [3.8, 4) is 0 Å². The van der Waals surface area contributed by atoms with Gasteiger partial charge in [0.2, 0.25) is 5.82 Å². The maximum Gasteiger partial charge on any atom is 0.396 e. The van der Waals surface area contributed by atoms with Crippen LogP contribution in [0.4, 0.5) is 35.1 Å². The summed E-state index contributed by atoms with van der Waals surface area (Å²) in [7, 11) is -7.22. The molecule has 0 spiro atoms. The molecule has 0 saturated heterocycles. The fourth-order valence-electron chi connectivity index (χ4n) is 1.42. The minimum atomic E-state index is -7.22. The van der Waals surface area contributed by atoms with E-state index < -0.39 is 62.0 Å². The zero-order valence-electron chi connectivity index (χ0n) is 9.57. The molecule has 0 aliphatic rings. The number of hydrogen-bond donors (Lipinski definition) is 0. The van der Waals surface area contributed by atoms with Gasteiger partial charge < -0.3 is 13.3 Å². The summed E-state index contributed by atoms with van der Waals surface area (Å²) in [5.41, 5.74) is -2.14. The Bertz CT molecular complexity index is 618. The molecule has 12 heteroatoms. The Morgan fingerprint density at radius 3 is 1.48 bits per heavy atom. The van der Waals surface area contributed by atoms with Gasteiger partial charge in [-0.15, -0.1) is 0 Å². The molecule has 1 aromatic rings. The van der Waals surface area contributed by atoms with E-state index in [0.717, 1.165) is 0 Å². The smallest absolute Gasteiger partial charge is 0.396 e. The van der Waals surface area contributed by atoms with Crippen molar-refractivity contribution in [2.75, 3.05) is 5.75 Å². The molecule has 1 rings (SSSR count). The van der Waals surface area contributed by atoms with E-state index in [9.17, 15) is 48.4 Å². The first-order valence-corrected chi connectivity index (χ1v) is 6.95. The molecule has 122 valence electrons. The lowest BCUT2D eigenvalue weighted by Crippen LogP contribution is -2.44. The normalized spacial score (nSPS) is 14.9. The highest BCUT2D eigenvalue weighted by atomic mass is 32.3. The van der Waals surface area contributed by atoms with Gasteiger partial charge in [0.05, 0.1) is 5.75 Å². The lowest BCUT2D eigenvalue weighted by Gasteiger charge is -2.55. The molecule has 0 aliphatic carbocycles. The topological polar surface area (TPSA) is 63.2 Å². The van der Waals surface area contributed by atoms with E-state index in [1.807, 2.05) is 0 Å². The predicted octanol–water partition coefficient (Wildman–Crippen LogP) is 2.53. The zero-order valence-corrected chi connectivity index (χ0v) is 10.4. The zero-order chi connectivity index (χ0) is 16.8. The van der Waals surface area contributed by atoms with Gasteiger partial charge in [0.1, 0.15) is 0 Å². The van der Waals surface area contributed by atoms with Gasteiger partial charge in [0.15, 0.2) is 23.3 Å². The van der Waals surface area contributed by atoms with Crippen LogP contribution in [0.25, 0.3) is 0 Å². The summed E-state index contributed by atoms with van der Waals surface area (Å²) in [4.78, 5) is 0. The van der Waals surface area contributed by atoms with Crippen LogP contribution in [-0.4, -0.2) is 25.2 Å². The van der Waals surface area contributed by atoms with Gasteiger partial charge >= 0.3 is 6.18 Å². The van der Waals surface area contributed by atoms with Crippen molar-refractivity contribution in [3.63, 3.8) is 0 Å². The molecule has 0 heterocycles. The van der Waals surface area contributed by atoms with E-state index in [2.05, 4.69) is 0 Å². The van der Waals surface area contributed by atoms with Crippen molar-refractivity contribution < 1.29 is 48.4 Å². The third-order valence-electron chi connectivity index (χ3n) is 2.17. The minimum absolute atomic E-state index is 2.14. The van der Waals surface area contributed by atoms with E-state index in [0.29, 0.717) is 0 Å². The van der Waals surface area contributed by atoms with Crippen LogP contribution in [0, 0.1) is 29.1 Å². The van der Waals surface area contributed by atoms with E-state index >= 15 is 0 Å². The lowest BCUT2D eigenvalue weighted by molar-refractivity contribution is -0.109. The number of alkyl halides is 3. The molecular weight excluding hydrogens is 340 g/mol. The molecule has 0 unspecified atom stereocenters. The first-order valence-electron chi connectivity index (χ1n) is 4.80. The monoisotopic (exact) mass is 344 g/mol. The maximum absolute atomic E-state index is 13.1. The SMILES string of the molecule is O=S([O-])([O-])(Cc1c(F)c(F)c(F)c(F)c1F)CC(F)(F)F. The Labute approximate surface area is 111 Å². The lowest BCUT2D eigenvalue weighted by atomic mass is 10.2. The van der Waals surface area contributed by atoms with Gasteiger partial charge in [-0.3, -0.25) is 0 Å². The van der Waals surface area contributed by atoms with E-state index in [-0.39, 0.29) is 0 Å². The van der Waals surface area contributed by atoms with Gasteiger partial charge in [-0.05, 0) is 0 Å². The summed E-state index contributed by atoms with van der Waals surface area (Å²) in [6.07, 6.45) is -5.54. The highest BCUT2D eigenvalue weighted by Gasteiger charge is 2.36. The minimum Gasteiger partial charge on any atom is -0.798 e. The van der Waals surface area contributed by atoms with Gasteiger partial charge in [0.25, 0.3) is 0 Å². The Morgan fingerprint density at radius 1 is 0.810 bits per heavy atom. The van der Waals surface area contributed by atoms with Crippen LogP contribution in [0.3, 0.4) is 0 Å². The standard InChI is InChI=1S/C9H6F8O3S/c10-4-3(5(11)7(13)8(14)6(4)12)1-21(18,19,20)2-9(15,16)17/h1-2H2,(H2,18,19,20)/p-2. The quantitative estimate of drug-likeness (QED) is 0.481. The predicted molar refractivity (Wildman–Crippen MR) is 50.6 cm³/mol. The summed E-state index contributed by atoms with van der Waals surface area (Å²) >= 11 is 0. The van der Waals surface area contributed by atoms with Crippen molar-refractivity contribution in [2.45, 2.75) is 11.9 Å². The molecule has 0 bridgehead atoms. The fourth-order valence-corrected chi connectivity index (χ4v) is 2.97. The number of rotatable bonds is 3. The molecule has 21 heavy (non-hydrogen) atoms. The Kier molecular flexibility index (Phi) is 4.13. The average Bonchev–Trinajstić information content (AvgIpc) is 2.26. The third-order valence-corrected chi connectivity index (χ3v) is 3.90. The summed E-state index contributed by atoms with van der Waals surface area (Å²) < 4.78 is 134.